The van der Waals surface area contributed by atoms with Crippen molar-refractivity contribution >= 4 is 29.8 Å². The predicted octanol–water partition coefficient (Wildman–Crippen LogP) is 1.45. The van der Waals surface area contributed by atoms with E-state index in [2.05, 4.69) is 10.3 Å². The molecule has 1 rings (SSSR count). The summed E-state index contributed by atoms with van der Waals surface area (Å²) in [6, 6.07) is 3.33. The molecular formula is C10H16ClN3O2. The molecule has 0 aromatic carbocycles. The standard InChI is InChI=1S/C10H15N3O2.ClH/c1-3-8(15-2)10(14)13-7-4-5-9(11)12-6-7;/h4-6,8H,3H2,1-2H3,(H2,11,12)(H,13,14);1H. The number of pyridine rings is 1. The Labute approximate surface area is 101 Å². The summed E-state index contributed by atoms with van der Waals surface area (Å²) in [5, 5.41) is 2.69. The Morgan fingerprint density at radius 2 is 2.31 bits per heavy atom. The predicted molar refractivity (Wildman–Crippen MR) is 65.6 cm³/mol. The fourth-order valence-corrected chi connectivity index (χ4v) is 1.16. The van der Waals surface area contributed by atoms with Crippen LogP contribution in [0.15, 0.2) is 18.3 Å². The summed E-state index contributed by atoms with van der Waals surface area (Å²) >= 11 is 0. The van der Waals surface area contributed by atoms with E-state index in [0.29, 0.717) is 17.9 Å². The third-order valence-electron chi connectivity index (χ3n) is 2.00. The number of nitrogen functional groups attached to an aromatic ring is 1. The summed E-state index contributed by atoms with van der Waals surface area (Å²) in [6.45, 7) is 1.88. The van der Waals surface area contributed by atoms with Crippen molar-refractivity contribution in [1.82, 2.24) is 4.98 Å². The lowest BCUT2D eigenvalue weighted by atomic mass is 10.2. The monoisotopic (exact) mass is 245 g/mol. The second-order valence-corrected chi connectivity index (χ2v) is 3.09. The van der Waals surface area contributed by atoms with Gasteiger partial charge in [-0.1, -0.05) is 6.92 Å². The molecule has 1 heterocycles. The maximum atomic E-state index is 11.6. The highest BCUT2D eigenvalue weighted by molar-refractivity contribution is 5.94. The number of carbonyl (C=O) groups excluding carboxylic acids is 1. The van der Waals surface area contributed by atoms with Crippen LogP contribution in [0.4, 0.5) is 11.5 Å². The number of nitrogens with zero attached hydrogens (tertiary/aromatic N) is 1. The molecular weight excluding hydrogens is 230 g/mol. The van der Waals surface area contributed by atoms with Crippen LogP contribution in [0.25, 0.3) is 0 Å². The van der Waals surface area contributed by atoms with Gasteiger partial charge in [-0.15, -0.1) is 12.4 Å². The average Bonchev–Trinajstić information content (AvgIpc) is 2.23. The number of amides is 1. The summed E-state index contributed by atoms with van der Waals surface area (Å²) < 4.78 is 5.00. The van der Waals surface area contributed by atoms with Gasteiger partial charge in [0, 0.05) is 7.11 Å². The normalized spacial score (nSPS) is 11.4. The van der Waals surface area contributed by atoms with Gasteiger partial charge < -0.3 is 15.8 Å². The van der Waals surface area contributed by atoms with Crippen molar-refractivity contribution in [2.24, 2.45) is 0 Å². The van der Waals surface area contributed by atoms with Crippen molar-refractivity contribution < 1.29 is 9.53 Å². The number of rotatable bonds is 4. The molecule has 0 bridgehead atoms. The van der Waals surface area contributed by atoms with Gasteiger partial charge in [-0.3, -0.25) is 4.79 Å². The first-order valence-corrected chi connectivity index (χ1v) is 4.72. The molecule has 0 saturated carbocycles. The van der Waals surface area contributed by atoms with Crippen LogP contribution in [0.3, 0.4) is 0 Å². The molecule has 5 nitrogen and oxygen atoms in total. The minimum atomic E-state index is -0.428. The van der Waals surface area contributed by atoms with E-state index in [0.717, 1.165) is 0 Å². The van der Waals surface area contributed by atoms with E-state index in [4.69, 9.17) is 10.5 Å². The van der Waals surface area contributed by atoms with Crippen molar-refractivity contribution in [3.05, 3.63) is 18.3 Å². The molecule has 6 heteroatoms. The SMILES string of the molecule is CCC(OC)C(=O)Nc1ccc(N)nc1.Cl. The van der Waals surface area contributed by atoms with Gasteiger partial charge in [-0.2, -0.15) is 0 Å². The van der Waals surface area contributed by atoms with Gasteiger partial charge in [0.15, 0.2) is 0 Å². The fourth-order valence-electron chi connectivity index (χ4n) is 1.16. The zero-order valence-electron chi connectivity index (χ0n) is 9.27. The summed E-state index contributed by atoms with van der Waals surface area (Å²) in [6.07, 6.45) is 1.71. The molecule has 1 atom stereocenters. The van der Waals surface area contributed by atoms with Crippen molar-refractivity contribution in [2.45, 2.75) is 19.4 Å². The zero-order valence-corrected chi connectivity index (χ0v) is 10.1. The summed E-state index contributed by atoms with van der Waals surface area (Å²) in [7, 11) is 1.51. The molecule has 0 aliphatic heterocycles. The fraction of sp³-hybridized carbons (Fsp3) is 0.400. The van der Waals surface area contributed by atoms with Crippen molar-refractivity contribution in [3.63, 3.8) is 0 Å². The van der Waals surface area contributed by atoms with Gasteiger partial charge in [-0.05, 0) is 18.6 Å². The third kappa shape index (κ3) is 4.04. The molecule has 0 saturated heterocycles. The molecule has 0 spiro atoms. The number of halogens is 1. The highest BCUT2D eigenvalue weighted by Crippen LogP contribution is 2.08. The summed E-state index contributed by atoms with van der Waals surface area (Å²) in [4.78, 5) is 15.4. The van der Waals surface area contributed by atoms with E-state index in [9.17, 15) is 4.79 Å². The number of hydrogen-bond donors (Lipinski definition) is 2. The largest absolute Gasteiger partial charge is 0.384 e. The van der Waals surface area contributed by atoms with Crippen molar-refractivity contribution in [3.8, 4) is 0 Å². The number of ether oxygens (including phenoxy) is 1. The Morgan fingerprint density at radius 1 is 1.62 bits per heavy atom. The second-order valence-electron chi connectivity index (χ2n) is 3.09. The van der Waals surface area contributed by atoms with Crippen LogP contribution in [0.2, 0.25) is 0 Å². The number of aromatic nitrogens is 1. The number of anilines is 2. The van der Waals surface area contributed by atoms with E-state index >= 15 is 0 Å². The van der Waals surface area contributed by atoms with E-state index in [1.807, 2.05) is 6.92 Å². The first-order valence-electron chi connectivity index (χ1n) is 4.72. The first-order chi connectivity index (χ1) is 7.17. The van der Waals surface area contributed by atoms with Gasteiger partial charge in [-0.25, -0.2) is 4.98 Å². The molecule has 90 valence electrons. The first kappa shape index (κ1) is 14.7. The Balaban J connectivity index is 0.00000225. The second kappa shape index (κ2) is 7.03. The Bertz CT molecular complexity index is 325. The smallest absolute Gasteiger partial charge is 0.253 e. The number of nitrogens with one attached hydrogen (secondary N) is 1. The number of hydrogen-bond acceptors (Lipinski definition) is 4. The van der Waals surface area contributed by atoms with E-state index < -0.39 is 6.10 Å². The molecule has 1 amide bonds. The molecule has 1 unspecified atom stereocenters. The van der Waals surface area contributed by atoms with Gasteiger partial charge >= 0.3 is 0 Å². The van der Waals surface area contributed by atoms with Crippen LogP contribution in [-0.4, -0.2) is 24.1 Å². The van der Waals surface area contributed by atoms with Gasteiger partial charge in [0.25, 0.3) is 5.91 Å². The lowest BCUT2D eigenvalue weighted by Crippen LogP contribution is -2.28. The van der Waals surface area contributed by atoms with Gasteiger partial charge in [0.1, 0.15) is 11.9 Å². The topological polar surface area (TPSA) is 77.2 Å². The van der Waals surface area contributed by atoms with Crippen LogP contribution in [0.5, 0.6) is 0 Å². The molecule has 0 aliphatic rings. The van der Waals surface area contributed by atoms with Crippen LogP contribution in [-0.2, 0) is 9.53 Å². The van der Waals surface area contributed by atoms with Gasteiger partial charge in [0.05, 0.1) is 11.9 Å². The minimum Gasteiger partial charge on any atom is -0.384 e. The molecule has 0 radical (unpaired) electrons. The highest BCUT2D eigenvalue weighted by atomic mass is 35.5. The summed E-state index contributed by atoms with van der Waals surface area (Å²) in [5.74, 6) is 0.248. The molecule has 16 heavy (non-hydrogen) atoms. The quantitative estimate of drug-likeness (QED) is 0.842. The van der Waals surface area contributed by atoms with E-state index in [1.54, 1.807) is 12.1 Å². The Hall–Kier alpha value is -1.33. The van der Waals surface area contributed by atoms with Crippen LogP contribution in [0, 0.1) is 0 Å². The Morgan fingerprint density at radius 3 is 2.75 bits per heavy atom. The molecule has 0 aliphatic carbocycles. The van der Waals surface area contributed by atoms with Crippen LogP contribution >= 0.6 is 12.4 Å². The van der Waals surface area contributed by atoms with Gasteiger partial charge in [0.2, 0.25) is 0 Å². The number of methoxy groups -OCH3 is 1. The molecule has 0 fully saturated rings. The maximum Gasteiger partial charge on any atom is 0.253 e. The summed E-state index contributed by atoms with van der Waals surface area (Å²) in [5.41, 5.74) is 6.04. The van der Waals surface area contributed by atoms with Crippen molar-refractivity contribution in [2.75, 3.05) is 18.2 Å². The minimum absolute atomic E-state index is 0. The molecule has 1 aromatic heterocycles. The van der Waals surface area contributed by atoms with Crippen molar-refractivity contribution in [1.29, 1.82) is 0 Å². The third-order valence-corrected chi connectivity index (χ3v) is 2.00. The van der Waals surface area contributed by atoms with Crippen LogP contribution in [0.1, 0.15) is 13.3 Å². The average molecular weight is 246 g/mol. The molecule has 3 N–H and O–H groups in total. The maximum absolute atomic E-state index is 11.6. The highest BCUT2D eigenvalue weighted by Gasteiger charge is 2.14. The van der Waals surface area contributed by atoms with E-state index in [1.165, 1.54) is 13.3 Å². The number of carbonyl (C=O) groups is 1. The zero-order chi connectivity index (χ0) is 11.3. The van der Waals surface area contributed by atoms with E-state index in [-0.39, 0.29) is 18.3 Å². The lowest BCUT2D eigenvalue weighted by molar-refractivity contribution is -0.125. The molecule has 1 aromatic rings. The Kier molecular flexibility index (Phi) is 6.44. The lowest BCUT2D eigenvalue weighted by Gasteiger charge is -2.12. The number of nitrogens with two attached hydrogens (primary N) is 1. The van der Waals surface area contributed by atoms with Crippen LogP contribution < -0.4 is 11.1 Å².